The van der Waals surface area contributed by atoms with E-state index in [2.05, 4.69) is 16.4 Å². The summed E-state index contributed by atoms with van der Waals surface area (Å²) in [4.78, 5) is 9.19. The second-order valence-electron chi connectivity index (χ2n) is 7.80. The zero-order valence-electron chi connectivity index (χ0n) is 17.1. The van der Waals surface area contributed by atoms with E-state index in [4.69, 9.17) is 14.5 Å². The Hall–Kier alpha value is -2.86. The van der Waals surface area contributed by atoms with Crippen molar-refractivity contribution >= 4 is 37.6 Å². The Labute approximate surface area is 180 Å². The third kappa shape index (κ3) is 3.92. The van der Waals surface area contributed by atoms with Gasteiger partial charge in [-0.1, -0.05) is 36.7 Å². The van der Waals surface area contributed by atoms with Crippen LogP contribution in [0.2, 0.25) is 0 Å². The summed E-state index contributed by atoms with van der Waals surface area (Å²) < 4.78 is 12.8. The average molecular weight is 420 g/mol. The zero-order chi connectivity index (χ0) is 20.3. The summed E-state index contributed by atoms with van der Waals surface area (Å²) in [6.07, 6.45) is 8.53. The molecule has 6 heteroatoms. The van der Waals surface area contributed by atoms with Crippen LogP contribution in [0.15, 0.2) is 48.7 Å². The molecule has 1 saturated carbocycles. The molecule has 2 heterocycles. The van der Waals surface area contributed by atoms with Gasteiger partial charge in [-0.3, -0.25) is 4.98 Å². The molecule has 0 spiro atoms. The van der Waals surface area contributed by atoms with Crippen LogP contribution in [0.5, 0.6) is 17.2 Å². The molecule has 0 radical (unpaired) electrons. The number of rotatable bonds is 6. The molecule has 2 aromatic carbocycles. The fourth-order valence-corrected chi connectivity index (χ4v) is 5.07. The Morgan fingerprint density at radius 2 is 1.97 bits per heavy atom. The molecular formula is C24H25N3O2S. The van der Waals surface area contributed by atoms with E-state index in [1.54, 1.807) is 24.6 Å². The molecule has 1 N–H and O–H groups in total. The monoisotopic (exact) mass is 419 g/mol. The number of methoxy groups -OCH3 is 1. The Balaban J connectivity index is 1.36. The molecule has 0 aliphatic heterocycles. The number of pyridine rings is 1. The summed E-state index contributed by atoms with van der Waals surface area (Å²) in [6.45, 7) is 1.02. The number of hydrogen-bond acceptors (Lipinski definition) is 6. The molecule has 2 aromatic heterocycles. The molecular weight excluding hydrogens is 394 g/mol. The predicted octanol–water partition coefficient (Wildman–Crippen LogP) is 6.64. The van der Waals surface area contributed by atoms with Crippen molar-refractivity contribution in [3.63, 3.8) is 0 Å². The number of benzene rings is 2. The first-order valence-electron chi connectivity index (χ1n) is 10.5. The molecule has 1 aliphatic carbocycles. The van der Waals surface area contributed by atoms with Crippen LogP contribution in [-0.2, 0) is 0 Å². The van der Waals surface area contributed by atoms with Crippen molar-refractivity contribution in [2.75, 3.05) is 19.0 Å². The van der Waals surface area contributed by atoms with E-state index in [1.807, 2.05) is 36.4 Å². The predicted molar refractivity (Wildman–Crippen MR) is 123 cm³/mol. The Bertz CT molecular complexity index is 1170. The van der Waals surface area contributed by atoms with E-state index < -0.39 is 0 Å². The van der Waals surface area contributed by atoms with Gasteiger partial charge in [0.1, 0.15) is 22.8 Å². The number of anilines is 1. The van der Waals surface area contributed by atoms with E-state index >= 15 is 0 Å². The fourth-order valence-electron chi connectivity index (χ4n) is 4.17. The molecule has 5 rings (SSSR count). The lowest BCUT2D eigenvalue weighted by Crippen LogP contribution is -2.16. The van der Waals surface area contributed by atoms with Crippen LogP contribution in [0.3, 0.4) is 0 Å². The topological polar surface area (TPSA) is 56.3 Å². The second-order valence-corrected chi connectivity index (χ2v) is 8.83. The quantitative estimate of drug-likeness (QED) is 0.380. The van der Waals surface area contributed by atoms with Gasteiger partial charge in [0.25, 0.3) is 0 Å². The van der Waals surface area contributed by atoms with Crippen LogP contribution in [0, 0.1) is 5.92 Å². The summed E-state index contributed by atoms with van der Waals surface area (Å²) in [5, 5.41) is 5.47. The molecule has 0 bridgehead atoms. The number of nitrogens with one attached hydrogen (secondary N) is 1. The first-order chi connectivity index (χ1) is 14.8. The van der Waals surface area contributed by atoms with Crippen molar-refractivity contribution in [2.45, 2.75) is 32.1 Å². The van der Waals surface area contributed by atoms with Crippen LogP contribution in [0.25, 0.3) is 21.1 Å². The number of ether oxygens (including phenoxy) is 2. The molecule has 0 atom stereocenters. The maximum absolute atomic E-state index is 6.23. The van der Waals surface area contributed by atoms with E-state index in [0.717, 1.165) is 56.0 Å². The first-order valence-corrected chi connectivity index (χ1v) is 11.4. The second kappa shape index (κ2) is 8.48. The maximum Gasteiger partial charge on any atom is 0.183 e. The number of aromatic nitrogens is 2. The van der Waals surface area contributed by atoms with Crippen LogP contribution < -0.4 is 14.8 Å². The standard InChI is InChI=1S/C24H25N3O2S/c1-28-21-9-5-8-18-20(12-13-25-23(18)21)29-17-10-11-19-22(14-17)30-24(27-19)26-15-16-6-3-2-4-7-16/h5,8-14,16H,2-4,6-7,15H2,1H3,(H,26,27). The van der Waals surface area contributed by atoms with Gasteiger partial charge in [-0.2, -0.15) is 0 Å². The Kier molecular flexibility index (Phi) is 5.41. The minimum Gasteiger partial charge on any atom is -0.494 e. The van der Waals surface area contributed by atoms with Crippen molar-refractivity contribution < 1.29 is 9.47 Å². The molecule has 1 aliphatic rings. The van der Waals surface area contributed by atoms with Crippen molar-refractivity contribution in [1.29, 1.82) is 0 Å². The van der Waals surface area contributed by atoms with Gasteiger partial charge in [-0.05, 0) is 49.1 Å². The van der Waals surface area contributed by atoms with E-state index in [9.17, 15) is 0 Å². The van der Waals surface area contributed by atoms with Crippen LogP contribution in [0.1, 0.15) is 32.1 Å². The number of nitrogens with zero attached hydrogens (tertiary/aromatic N) is 2. The molecule has 30 heavy (non-hydrogen) atoms. The number of thiazole rings is 1. The largest absolute Gasteiger partial charge is 0.494 e. The number of para-hydroxylation sites is 1. The van der Waals surface area contributed by atoms with E-state index in [-0.39, 0.29) is 0 Å². The highest BCUT2D eigenvalue weighted by Crippen LogP contribution is 2.35. The highest BCUT2D eigenvalue weighted by Gasteiger charge is 2.14. The fraction of sp³-hybridized carbons (Fsp3) is 0.333. The average Bonchev–Trinajstić information content (AvgIpc) is 3.20. The highest BCUT2D eigenvalue weighted by molar-refractivity contribution is 7.22. The molecule has 0 saturated heterocycles. The molecule has 0 unspecified atom stereocenters. The van der Waals surface area contributed by atoms with Crippen molar-refractivity contribution in [3.8, 4) is 17.2 Å². The van der Waals surface area contributed by atoms with E-state index in [0.29, 0.717) is 0 Å². The Morgan fingerprint density at radius 1 is 1.07 bits per heavy atom. The van der Waals surface area contributed by atoms with Crippen molar-refractivity contribution in [1.82, 2.24) is 9.97 Å². The molecule has 1 fully saturated rings. The minimum absolute atomic E-state index is 0.740. The number of fused-ring (bicyclic) bond motifs is 2. The van der Waals surface area contributed by atoms with E-state index in [1.165, 1.54) is 32.1 Å². The summed E-state index contributed by atoms with van der Waals surface area (Å²) in [5.41, 5.74) is 1.80. The lowest BCUT2D eigenvalue weighted by molar-refractivity contribution is 0.373. The minimum atomic E-state index is 0.740. The van der Waals surface area contributed by atoms with Crippen LogP contribution in [0.4, 0.5) is 5.13 Å². The lowest BCUT2D eigenvalue weighted by Gasteiger charge is -2.21. The Morgan fingerprint density at radius 3 is 2.83 bits per heavy atom. The van der Waals surface area contributed by atoms with Crippen molar-refractivity contribution in [3.05, 3.63) is 48.7 Å². The zero-order valence-corrected chi connectivity index (χ0v) is 17.9. The van der Waals surface area contributed by atoms with Gasteiger partial charge in [0.15, 0.2) is 5.13 Å². The third-order valence-corrected chi connectivity index (χ3v) is 6.74. The smallest absolute Gasteiger partial charge is 0.183 e. The summed E-state index contributed by atoms with van der Waals surface area (Å²) in [5.74, 6) is 3.07. The summed E-state index contributed by atoms with van der Waals surface area (Å²) >= 11 is 1.69. The molecule has 154 valence electrons. The number of hydrogen-bond donors (Lipinski definition) is 1. The van der Waals surface area contributed by atoms with Gasteiger partial charge in [-0.25, -0.2) is 4.98 Å². The molecule has 0 amide bonds. The molecule has 4 aromatic rings. The van der Waals surface area contributed by atoms with Gasteiger partial charge >= 0.3 is 0 Å². The SMILES string of the molecule is COc1cccc2c(Oc3ccc4nc(NCC5CCCCC5)sc4c3)ccnc12. The maximum atomic E-state index is 6.23. The summed E-state index contributed by atoms with van der Waals surface area (Å²) in [7, 11) is 1.65. The third-order valence-electron chi connectivity index (χ3n) is 5.77. The van der Waals surface area contributed by atoms with Gasteiger partial charge < -0.3 is 14.8 Å². The van der Waals surface area contributed by atoms with Crippen LogP contribution >= 0.6 is 11.3 Å². The van der Waals surface area contributed by atoms with Gasteiger partial charge in [0.05, 0.1) is 17.3 Å². The highest BCUT2D eigenvalue weighted by atomic mass is 32.1. The van der Waals surface area contributed by atoms with Gasteiger partial charge in [-0.15, -0.1) is 0 Å². The summed E-state index contributed by atoms with van der Waals surface area (Å²) in [6, 6.07) is 13.8. The first kappa shape index (κ1) is 19.1. The van der Waals surface area contributed by atoms with Crippen molar-refractivity contribution in [2.24, 2.45) is 5.92 Å². The van der Waals surface area contributed by atoms with Crippen LogP contribution in [-0.4, -0.2) is 23.6 Å². The lowest BCUT2D eigenvalue weighted by atomic mass is 9.89. The van der Waals surface area contributed by atoms with Gasteiger partial charge in [0, 0.05) is 24.2 Å². The van der Waals surface area contributed by atoms with Gasteiger partial charge in [0.2, 0.25) is 0 Å². The molecule has 5 nitrogen and oxygen atoms in total. The normalized spacial score (nSPS) is 14.8.